The molecule has 25 heavy (non-hydrogen) atoms. The highest BCUT2D eigenvalue weighted by Crippen LogP contribution is 2.26. The van der Waals surface area contributed by atoms with Crippen LogP contribution in [0.4, 0.5) is 0 Å². The highest BCUT2D eigenvalue weighted by Gasteiger charge is 2.19. The van der Waals surface area contributed by atoms with Crippen molar-refractivity contribution in [1.82, 2.24) is 9.88 Å². The summed E-state index contributed by atoms with van der Waals surface area (Å²) in [5.41, 5.74) is 1.12. The zero-order valence-corrected chi connectivity index (χ0v) is 14.9. The predicted octanol–water partition coefficient (Wildman–Crippen LogP) is 2.99. The highest BCUT2D eigenvalue weighted by molar-refractivity contribution is 7.13. The summed E-state index contributed by atoms with van der Waals surface area (Å²) < 4.78 is 10.2. The van der Waals surface area contributed by atoms with Gasteiger partial charge in [-0.05, 0) is 43.5 Å². The Labute approximate surface area is 150 Å². The topological polar surface area (TPSA) is 68.7 Å². The number of esters is 1. The van der Waals surface area contributed by atoms with Crippen LogP contribution in [0.15, 0.2) is 29.6 Å². The molecule has 1 fully saturated rings. The van der Waals surface area contributed by atoms with E-state index in [1.54, 1.807) is 17.4 Å². The average Bonchev–Trinajstić information content (AvgIpc) is 3.17. The third-order valence-electron chi connectivity index (χ3n) is 4.09. The fourth-order valence-electron chi connectivity index (χ4n) is 2.67. The van der Waals surface area contributed by atoms with Crippen LogP contribution < -0.4 is 4.74 Å². The summed E-state index contributed by atoms with van der Waals surface area (Å²) in [5, 5.41) is 2.37. The maximum atomic E-state index is 12.1. The number of amides is 1. The van der Waals surface area contributed by atoms with Crippen LogP contribution in [0.25, 0.3) is 10.6 Å². The lowest BCUT2D eigenvalue weighted by Crippen LogP contribution is -2.38. The normalized spacial score (nSPS) is 14.2. The molecule has 3 rings (SSSR count). The van der Waals surface area contributed by atoms with Gasteiger partial charge in [0.2, 0.25) is 0 Å². The molecule has 7 heteroatoms. The maximum absolute atomic E-state index is 12.1. The van der Waals surface area contributed by atoms with Crippen molar-refractivity contribution in [1.29, 1.82) is 0 Å². The molecule has 1 saturated heterocycles. The number of methoxy groups -OCH3 is 1. The monoisotopic (exact) mass is 360 g/mol. The number of carbonyl (C=O) groups is 2. The van der Waals surface area contributed by atoms with E-state index < -0.39 is 5.97 Å². The molecule has 1 aromatic heterocycles. The number of hydrogen-bond donors (Lipinski definition) is 0. The van der Waals surface area contributed by atoms with Crippen LogP contribution in [0.2, 0.25) is 0 Å². The quantitative estimate of drug-likeness (QED) is 0.767. The standard InChI is InChI=1S/C18H20N2O4S/c1-23-14-7-5-13(6-8-14)17-19-15(12-25-17)18(22)24-11-16(21)20-9-3-2-4-10-20/h5-8,12H,2-4,9-11H2,1H3. The number of ether oxygens (including phenoxy) is 2. The van der Waals surface area contributed by atoms with Gasteiger partial charge < -0.3 is 14.4 Å². The molecule has 1 aliphatic heterocycles. The van der Waals surface area contributed by atoms with Gasteiger partial charge in [-0.2, -0.15) is 0 Å². The molecule has 6 nitrogen and oxygen atoms in total. The molecule has 0 N–H and O–H groups in total. The summed E-state index contributed by atoms with van der Waals surface area (Å²) in [6.07, 6.45) is 3.17. The van der Waals surface area contributed by atoms with Crippen LogP contribution in [-0.2, 0) is 9.53 Å². The van der Waals surface area contributed by atoms with E-state index in [1.165, 1.54) is 11.3 Å². The molecule has 1 aliphatic rings. The molecule has 1 aromatic carbocycles. The van der Waals surface area contributed by atoms with Crippen molar-refractivity contribution < 1.29 is 19.1 Å². The Kier molecular flexibility index (Phi) is 5.65. The number of thiazole rings is 1. The molecule has 0 spiro atoms. The van der Waals surface area contributed by atoms with Gasteiger partial charge in [0.1, 0.15) is 10.8 Å². The van der Waals surface area contributed by atoms with Crippen molar-refractivity contribution >= 4 is 23.2 Å². The number of nitrogens with zero attached hydrogens (tertiary/aromatic N) is 2. The lowest BCUT2D eigenvalue weighted by Gasteiger charge is -2.26. The fourth-order valence-corrected chi connectivity index (χ4v) is 3.46. The molecule has 0 radical (unpaired) electrons. The highest BCUT2D eigenvalue weighted by atomic mass is 32.1. The molecule has 1 amide bonds. The SMILES string of the molecule is COc1ccc(-c2nc(C(=O)OCC(=O)N3CCCCC3)cs2)cc1. The summed E-state index contributed by atoms with van der Waals surface area (Å²) in [4.78, 5) is 30.2. The first-order valence-corrected chi connectivity index (χ1v) is 9.10. The van der Waals surface area contributed by atoms with Crippen LogP contribution in [-0.4, -0.2) is 48.6 Å². The smallest absolute Gasteiger partial charge is 0.358 e. The molecule has 2 heterocycles. The molecular formula is C18H20N2O4S. The van der Waals surface area contributed by atoms with Gasteiger partial charge in [0.25, 0.3) is 5.91 Å². The molecule has 0 unspecified atom stereocenters. The molecule has 2 aromatic rings. The van der Waals surface area contributed by atoms with Gasteiger partial charge in [-0.3, -0.25) is 4.79 Å². The van der Waals surface area contributed by atoms with Crippen LogP contribution in [0.5, 0.6) is 5.75 Å². The van der Waals surface area contributed by atoms with E-state index in [9.17, 15) is 9.59 Å². The van der Waals surface area contributed by atoms with Crippen molar-refractivity contribution in [3.8, 4) is 16.3 Å². The molecule has 0 bridgehead atoms. The Bertz CT molecular complexity index is 736. The number of carbonyl (C=O) groups excluding carboxylic acids is 2. The zero-order chi connectivity index (χ0) is 17.6. The summed E-state index contributed by atoms with van der Waals surface area (Å²) in [7, 11) is 1.61. The van der Waals surface area contributed by atoms with Crippen molar-refractivity contribution in [3.63, 3.8) is 0 Å². The Balaban J connectivity index is 1.57. The first-order valence-electron chi connectivity index (χ1n) is 8.22. The van der Waals surface area contributed by atoms with Crippen LogP contribution >= 0.6 is 11.3 Å². The lowest BCUT2D eigenvalue weighted by molar-refractivity contribution is -0.135. The summed E-state index contributed by atoms with van der Waals surface area (Å²) >= 11 is 1.36. The average molecular weight is 360 g/mol. The first kappa shape index (κ1) is 17.4. The first-order chi connectivity index (χ1) is 12.2. The predicted molar refractivity (Wildman–Crippen MR) is 94.8 cm³/mol. The molecular weight excluding hydrogens is 340 g/mol. The molecule has 132 valence electrons. The molecule has 0 saturated carbocycles. The van der Waals surface area contributed by atoms with E-state index in [2.05, 4.69) is 4.98 Å². The number of piperidine rings is 1. The Morgan fingerprint density at radius 3 is 2.56 bits per heavy atom. The molecule has 0 aliphatic carbocycles. The van der Waals surface area contributed by atoms with E-state index in [4.69, 9.17) is 9.47 Å². The van der Waals surface area contributed by atoms with Crippen molar-refractivity contribution in [2.45, 2.75) is 19.3 Å². The van der Waals surface area contributed by atoms with E-state index >= 15 is 0 Å². The number of benzene rings is 1. The maximum Gasteiger partial charge on any atom is 0.358 e. The fraction of sp³-hybridized carbons (Fsp3) is 0.389. The van der Waals surface area contributed by atoms with E-state index in [1.807, 2.05) is 24.3 Å². The number of likely N-dealkylation sites (tertiary alicyclic amines) is 1. The van der Waals surface area contributed by atoms with Gasteiger partial charge >= 0.3 is 5.97 Å². The van der Waals surface area contributed by atoms with Gasteiger partial charge in [-0.25, -0.2) is 9.78 Å². The number of aromatic nitrogens is 1. The summed E-state index contributed by atoms with van der Waals surface area (Å²) in [6, 6.07) is 7.44. The largest absolute Gasteiger partial charge is 0.497 e. The Hall–Kier alpha value is -2.41. The zero-order valence-electron chi connectivity index (χ0n) is 14.1. The van der Waals surface area contributed by atoms with Crippen molar-refractivity contribution in [2.75, 3.05) is 26.8 Å². The Morgan fingerprint density at radius 2 is 1.88 bits per heavy atom. The summed E-state index contributed by atoms with van der Waals surface area (Å²) in [6.45, 7) is 1.26. The van der Waals surface area contributed by atoms with Gasteiger partial charge in [-0.1, -0.05) is 0 Å². The molecule has 0 atom stereocenters. The Morgan fingerprint density at radius 1 is 1.16 bits per heavy atom. The van der Waals surface area contributed by atoms with Crippen LogP contribution in [0.1, 0.15) is 29.8 Å². The van der Waals surface area contributed by atoms with Gasteiger partial charge in [0.05, 0.1) is 7.11 Å². The second-order valence-corrected chi connectivity index (χ2v) is 6.64. The van der Waals surface area contributed by atoms with Gasteiger partial charge in [-0.15, -0.1) is 11.3 Å². The van der Waals surface area contributed by atoms with Crippen LogP contribution in [0.3, 0.4) is 0 Å². The third kappa shape index (κ3) is 4.36. The van der Waals surface area contributed by atoms with Crippen molar-refractivity contribution in [2.24, 2.45) is 0 Å². The lowest BCUT2D eigenvalue weighted by atomic mass is 10.1. The third-order valence-corrected chi connectivity index (χ3v) is 4.98. The van der Waals surface area contributed by atoms with Crippen LogP contribution in [0, 0.1) is 0 Å². The second-order valence-electron chi connectivity index (χ2n) is 5.78. The summed E-state index contributed by atoms with van der Waals surface area (Å²) in [5.74, 6) is 0.0520. The minimum Gasteiger partial charge on any atom is -0.497 e. The minimum absolute atomic E-state index is 0.140. The van der Waals surface area contributed by atoms with Gasteiger partial charge in [0.15, 0.2) is 12.3 Å². The number of hydrogen-bond acceptors (Lipinski definition) is 6. The minimum atomic E-state index is -0.568. The number of rotatable bonds is 5. The van der Waals surface area contributed by atoms with Gasteiger partial charge in [0, 0.05) is 24.0 Å². The van der Waals surface area contributed by atoms with Crippen molar-refractivity contribution in [3.05, 3.63) is 35.3 Å². The van der Waals surface area contributed by atoms with E-state index in [-0.39, 0.29) is 18.2 Å². The van der Waals surface area contributed by atoms with E-state index in [0.717, 1.165) is 48.7 Å². The van der Waals surface area contributed by atoms with E-state index in [0.29, 0.717) is 0 Å². The second kappa shape index (κ2) is 8.11.